The molecule has 0 fully saturated rings. The van der Waals surface area contributed by atoms with Crippen molar-refractivity contribution >= 4 is 17.6 Å². The molecule has 0 unspecified atom stereocenters. The Morgan fingerprint density at radius 2 is 1.71 bits per heavy atom. The monoisotopic (exact) mass is 450 g/mol. The van der Waals surface area contributed by atoms with E-state index in [4.69, 9.17) is 9.90 Å². The van der Waals surface area contributed by atoms with Crippen LogP contribution in [0.15, 0.2) is 42.5 Å². The van der Waals surface area contributed by atoms with Crippen molar-refractivity contribution in [2.75, 3.05) is 11.9 Å². The first-order valence-corrected chi connectivity index (χ1v) is 8.65. The number of anilines is 1. The lowest BCUT2D eigenvalue weighted by molar-refractivity contribution is -0.274. The zero-order valence-electron chi connectivity index (χ0n) is 15.6. The van der Waals surface area contributed by atoms with Gasteiger partial charge in [0.1, 0.15) is 5.75 Å². The van der Waals surface area contributed by atoms with Crippen LogP contribution in [-0.4, -0.2) is 36.1 Å². The van der Waals surface area contributed by atoms with Crippen LogP contribution in [-0.2, 0) is 17.8 Å². The smallest absolute Gasteiger partial charge is 0.475 e. The molecule has 1 heterocycles. The van der Waals surface area contributed by atoms with Gasteiger partial charge in [0.2, 0.25) is 0 Å². The van der Waals surface area contributed by atoms with Gasteiger partial charge in [-0.15, -0.1) is 13.2 Å². The van der Waals surface area contributed by atoms with E-state index in [1.807, 2.05) is 6.07 Å². The summed E-state index contributed by atoms with van der Waals surface area (Å²) in [6.45, 7) is 0.781. The summed E-state index contributed by atoms with van der Waals surface area (Å²) in [6.07, 6.45) is -9.01. The molecule has 168 valence electrons. The lowest BCUT2D eigenvalue weighted by Gasteiger charge is -2.13. The Morgan fingerprint density at radius 3 is 2.32 bits per heavy atom. The maximum atomic E-state index is 12.4. The number of hydrogen-bond acceptors (Lipinski definition) is 4. The van der Waals surface area contributed by atoms with Crippen molar-refractivity contribution in [2.24, 2.45) is 0 Å². The summed E-state index contributed by atoms with van der Waals surface area (Å²) >= 11 is 0. The molecule has 0 spiro atoms. The molecule has 0 aliphatic carbocycles. The van der Waals surface area contributed by atoms with Gasteiger partial charge in [0.05, 0.1) is 0 Å². The summed E-state index contributed by atoms with van der Waals surface area (Å²) in [5, 5.41) is 12.9. The van der Waals surface area contributed by atoms with Crippen LogP contribution in [0, 0.1) is 0 Å². The number of aliphatic carboxylic acids is 1. The number of hydrogen-bond donors (Lipinski definition) is 3. The number of para-hydroxylation sites is 1. The van der Waals surface area contributed by atoms with Gasteiger partial charge in [0.15, 0.2) is 0 Å². The van der Waals surface area contributed by atoms with Gasteiger partial charge in [-0.2, -0.15) is 13.2 Å². The van der Waals surface area contributed by atoms with Gasteiger partial charge in [-0.1, -0.05) is 18.2 Å². The number of carbonyl (C=O) groups is 2. The predicted molar refractivity (Wildman–Crippen MR) is 96.6 cm³/mol. The highest BCUT2D eigenvalue weighted by Gasteiger charge is 2.38. The molecular formula is C19H16F6N2O4. The average Bonchev–Trinajstić information content (AvgIpc) is 3.13. The highest BCUT2D eigenvalue weighted by Crippen LogP contribution is 2.26. The minimum Gasteiger partial charge on any atom is -0.475 e. The molecule has 0 radical (unpaired) electrons. The standard InChI is InChI=1S/C17H15F3N2O2.C2HF3O2/c18-17(19,20)24-15-4-2-1-3-13(15)10-22-16(23)12-5-6-14-11(9-12)7-8-21-14;3-2(4,5)1(6)7/h1-6,9,21H,7-8,10H2,(H,22,23);(H,6,7). The molecule has 3 N–H and O–H groups in total. The first-order valence-electron chi connectivity index (χ1n) is 8.65. The minimum atomic E-state index is -5.08. The minimum absolute atomic E-state index is 0.0551. The Kier molecular flexibility index (Phi) is 7.37. The zero-order chi connectivity index (χ0) is 23.2. The van der Waals surface area contributed by atoms with Crippen molar-refractivity contribution < 1.29 is 45.8 Å². The second kappa shape index (κ2) is 9.58. The number of nitrogens with one attached hydrogen (secondary N) is 2. The number of amides is 1. The van der Waals surface area contributed by atoms with Crippen molar-refractivity contribution in [3.63, 3.8) is 0 Å². The molecule has 0 saturated heterocycles. The number of halogens is 6. The number of alkyl halides is 6. The van der Waals surface area contributed by atoms with Gasteiger partial charge in [-0.25, -0.2) is 4.79 Å². The van der Waals surface area contributed by atoms with E-state index in [2.05, 4.69) is 15.4 Å². The number of ether oxygens (including phenoxy) is 1. The highest BCUT2D eigenvalue weighted by atomic mass is 19.4. The fourth-order valence-corrected chi connectivity index (χ4v) is 2.60. The van der Waals surface area contributed by atoms with Crippen LogP contribution in [0.5, 0.6) is 5.75 Å². The van der Waals surface area contributed by atoms with Crippen molar-refractivity contribution in [3.05, 3.63) is 59.2 Å². The van der Waals surface area contributed by atoms with E-state index in [0.29, 0.717) is 5.56 Å². The lowest BCUT2D eigenvalue weighted by atomic mass is 10.1. The van der Waals surface area contributed by atoms with Crippen LogP contribution in [0.3, 0.4) is 0 Å². The van der Waals surface area contributed by atoms with Crippen molar-refractivity contribution in [1.82, 2.24) is 5.32 Å². The van der Waals surface area contributed by atoms with Gasteiger partial charge >= 0.3 is 18.5 Å². The number of rotatable bonds is 4. The van der Waals surface area contributed by atoms with Crippen LogP contribution in [0.1, 0.15) is 21.5 Å². The van der Waals surface area contributed by atoms with E-state index in [0.717, 1.165) is 24.2 Å². The second-order valence-electron chi connectivity index (χ2n) is 6.19. The van der Waals surface area contributed by atoms with Crippen molar-refractivity contribution in [1.29, 1.82) is 0 Å². The van der Waals surface area contributed by atoms with Crippen LogP contribution in [0.25, 0.3) is 0 Å². The van der Waals surface area contributed by atoms with Gasteiger partial charge < -0.3 is 20.5 Å². The third kappa shape index (κ3) is 7.39. The molecule has 1 aliphatic rings. The molecular weight excluding hydrogens is 434 g/mol. The number of benzene rings is 2. The average molecular weight is 450 g/mol. The first kappa shape index (κ1) is 23.8. The second-order valence-corrected chi connectivity index (χ2v) is 6.19. The number of carboxylic acid groups (broad SMARTS) is 1. The van der Waals surface area contributed by atoms with E-state index in [-0.39, 0.29) is 23.8 Å². The molecule has 0 saturated carbocycles. The molecule has 2 aromatic carbocycles. The van der Waals surface area contributed by atoms with Crippen LogP contribution in [0.4, 0.5) is 32.0 Å². The largest absolute Gasteiger partial charge is 0.573 e. The van der Waals surface area contributed by atoms with E-state index in [1.165, 1.54) is 18.2 Å². The van der Waals surface area contributed by atoms with E-state index in [9.17, 15) is 31.1 Å². The Bertz CT molecular complexity index is 944. The predicted octanol–water partition coefficient (Wildman–Crippen LogP) is 4.12. The summed E-state index contributed by atoms with van der Waals surface area (Å²) in [7, 11) is 0. The maximum Gasteiger partial charge on any atom is 0.573 e. The summed E-state index contributed by atoms with van der Waals surface area (Å²) < 4.78 is 72.9. The topological polar surface area (TPSA) is 87.7 Å². The van der Waals surface area contributed by atoms with Gasteiger partial charge in [0, 0.05) is 29.9 Å². The molecule has 12 heteroatoms. The van der Waals surface area contributed by atoms with Crippen LogP contribution < -0.4 is 15.4 Å². The number of carbonyl (C=O) groups excluding carboxylic acids is 1. The Balaban J connectivity index is 0.000000423. The Hall–Kier alpha value is -3.44. The number of carboxylic acids is 1. The molecule has 0 bridgehead atoms. The fourth-order valence-electron chi connectivity index (χ4n) is 2.60. The van der Waals surface area contributed by atoms with Crippen LogP contribution in [0.2, 0.25) is 0 Å². The van der Waals surface area contributed by atoms with Crippen LogP contribution >= 0.6 is 0 Å². The molecule has 31 heavy (non-hydrogen) atoms. The number of fused-ring (bicyclic) bond motifs is 1. The molecule has 6 nitrogen and oxygen atoms in total. The summed E-state index contributed by atoms with van der Waals surface area (Å²) in [6, 6.07) is 11.0. The summed E-state index contributed by atoms with van der Waals surface area (Å²) in [5.74, 6) is -3.41. The third-order valence-electron chi connectivity index (χ3n) is 3.96. The fraction of sp³-hybridized carbons (Fsp3) is 0.263. The van der Waals surface area contributed by atoms with E-state index in [1.54, 1.807) is 18.2 Å². The molecule has 3 rings (SSSR count). The Labute approximate surface area is 171 Å². The van der Waals surface area contributed by atoms with E-state index < -0.39 is 18.5 Å². The maximum absolute atomic E-state index is 12.4. The highest BCUT2D eigenvalue weighted by molar-refractivity contribution is 5.95. The SMILES string of the molecule is O=C(NCc1ccccc1OC(F)(F)F)c1ccc2c(c1)CCN2.O=C(O)C(F)(F)F. The normalized spacial score (nSPS) is 12.7. The van der Waals surface area contributed by atoms with Gasteiger partial charge in [-0.3, -0.25) is 4.79 Å². The molecule has 2 aromatic rings. The third-order valence-corrected chi connectivity index (χ3v) is 3.96. The van der Waals surface area contributed by atoms with Crippen molar-refractivity contribution in [3.8, 4) is 5.75 Å². The lowest BCUT2D eigenvalue weighted by Crippen LogP contribution is -2.24. The summed E-state index contributed by atoms with van der Waals surface area (Å²) in [5.41, 5.74) is 2.80. The molecule has 1 amide bonds. The van der Waals surface area contributed by atoms with Gasteiger partial charge in [0.25, 0.3) is 5.91 Å². The quantitative estimate of drug-likeness (QED) is 0.611. The van der Waals surface area contributed by atoms with Gasteiger partial charge in [-0.05, 0) is 36.2 Å². The van der Waals surface area contributed by atoms with Crippen molar-refractivity contribution in [2.45, 2.75) is 25.5 Å². The Morgan fingerprint density at radius 1 is 1.06 bits per heavy atom. The molecule has 0 aromatic heterocycles. The zero-order valence-corrected chi connectivity index (χ0v) is 15.6. The molecule has 0 atom stereocenters. The van der Waals surface area contributed by atoms with E-state index >= 15 is 0 Å². The molecule has 1 aliphatic heterocycles. The first-order chi connectivity index (χ1) is 14.4. The summed E-state index contributed by atoms with van der Waals surface area (Å²) in [4.78, 5) is 21.1.